The zero-order valence-electron chi connectivity index (χ0n) is 10.4. The van der Waals surface area contributed by atoms with Crippen LogP contribution in [0.1, 0.15) is 18.4 Å². The lowest BCUT2D eigenvalue weighted by Gasteiger charge is -2.22. The Morgan fingerprint density at radius 3 is 2.79 bits per heavy atom. The lowest BCUT2D eigenvalue weighted by atomic mass is 10.1. The molecule has 0 amide bonds. The highest BCUT2D eigenvalue weighted by atomic mass is 16.6. The number of nitro groups is 1. The molecular formula is C14H13N3O2. The molecule has 19 heavy (non-hydrogen) atoms. The van der Waals surface area contributed by atoms with Crippen LogP contribution in [0.5, 0.6) is 0 Å². The quantitative estimate of drug-likeness (QED) is 0.460. The number of rotatable bonds is 5. The number of hydrogen-bond donors (Lipinski definition) is 0. The van der Waals surface area contributed by atoms with Crippen LogP contribution in [-0.2, 0) is 0 Å². The summed E-state index contributed by atoms with van der Waals surface area (Å²) in [5, 5.41) is 19.8. The van der Waals surface area contributed by atoms with Crippen molar-refractivity contribution in [3.05, 3.63) is 33.9 Å². The van der Waals surface area contributed by atoms with E-state index in [2.05, 4.69) is 5.92 Å². The molecule has 1 aliphatic carbocycles. The van der Waals surface area contributed by atoms with Crippen molar-refractivity contribution >= 4 is 11.4 Å². The Balaban J connectivity index is 2.31. The van der Waals surface area contributed by atoms with Gasteiger partial charge in [0.05, 0.1) is 11.5 Å². The maximum atomic E-state index is 10.9. The van der Waals surface area contributed by atoms with Gasteiger partial charge in [-0.3, -0.25) is 10.1 Å². The van der Waals surface area contributed by atoms with Crippen molar-refractivity contribution in [3.63, 3.8) is 0 Å². The second kappa shape index (κ2) is 5.41. The van der Waals surface area contributed by atoms with Gasteiger partial charge in [0.25, 0.3) is 5.69 Å². The molecule has 1 aromatic carbocycles. The van der Waals surface area contributed by atoms with Gasteiger partial charge in [-0.25, -0.2) is 0 Å². The third kappa shape index (κ3) is 3.02. The van der Waals surface area contributed by atoms with E-state index in [1.54, 1.807) is 6.07 Å². The third-order valence-corrected chi connectivity index (χ3v) is 3.12. The Labute approximate surface area is 111 Å². The van der Waals surface area contributed by atoms with Gasteiger partial charge in [-0.05, 0) is 30.9 Å². The van der Waals surface area contributed by atoms with Gasteiger partial charge in [0, 0.05) is 18.3 Å². The van der Waals surface area contributed by atoms with Crippen LogP contribution in [0.15, 0.2) is 18.2 Å². The molecule has 5 heteroatoms. The molecule has 1 aromatic rings. The SMILES string of the molecule is C#CCN(CC1CC1)c1ccc(C#N)c([N+](=O)[O-])c1. The van der Waals surface area contributed by atoms with Crippen molar-refractivity contribution in [3.8, 4) is 18.4 Å². The molecule has 0 unspecified atom stereocenters. The summed E-state index contributed by atoms with van der Waals surface area (Å²) in [4.78, 5) is 12.4. The number of nitriles is 1. The van der Waals surface area contributed by atoms with Crippen molar-refractivity contribution in [2.75, 3.05) is 18.0 Å². The van der Waals surface area contributed by atoms with E-state index in [0.29, 0.717) is 18.2 Å². The molecule has 0 atom stereocenters. The first-order chi connectivity index (χ1) is 9.15. The number of hydrogen-bond acceptors (Lipinski definition) is 4. The van der Waals surface area contributed by atoms with Crippen LogP contribution in [0.25, 0.3) is 0 Å². The van der Waals surface area contributed by atoms with E-state index in [1.165, 1.54) is 25.0 Å². The highest BCUT2D eigenvalue weighted by Gasteiger charge is 2.25. The summed E-state index contributed by atoms with van der Waals surface area (Å²) >= 11 is 0. The van der Waals surface area contributed by atoms with E-state index in [0.717, 1.165) is 6.54 Å². The highest BCUT2D eigenvalue weighted by molar-refractivity contribution is 5.60. The number of terminal acetylenes is 1. The summed E-state index contributed by atoms with van der Waals surface area (Å²) in [6.07, 6.45) is 7.70. The Kier molecular flexibility index (Phi) is 3.68. The molecule has 0 aliphatic heterocycles. The van der Waals surface area contributed by atoms with Crippen LogP contribution in [0, 0.1) is 39.7 Å². The van der Waals surface area contributed by atoms with E-state index < -0.39 is 4.92 Å². The van der Waals surface area contributed by atoms with Crippen LogP contribution in [0.3, 0.4) is 0 Å². The maximum absolute atomic E-state index is 10.9. The highest BCUT2D eigenvalue weighted by Crippen LogP contribution is 2.32. The minimum absolute atomic E-state index is 0.0702. The third-order valence-electron chi connectivity index (χ3n) is 3.12. The zero-order chi connectivity index (χ0) is 13.8. The fourth-order valence-electron chi connectivity index (χ4n) is 1.95. The van der Waals surface area contributed by atoms with Gasteiger partial charge in [0.1, 0.15) is 11.6 Å². The lowest BCUT2D eigenvalue weighted by molar-refractivity contribution is -0.385. The second-order valence-corrected chi connectivity index (χ2v) is 4.60. The zero-order valence-corrected chi connectivity index (χ0v) is 10.4. The molecule has 96 valence electrons. The van der Waals surface area contributed by atoms with Gasteiger partial charge in [0.2, 0.25) is 0 Å². The molecular weight excluding hydrogens is 242 g/mol. The van der Waals surface area contributed by atoms with Crippen molar-refractivity contribution in [2.45, 2.75) is 12.8 Å². The Morgan fingerprint density at radius 2 is 2.26 bits per heavy atom. The molecule has 0 heterocycles. The van der Waals surface area contributed by atoms with Gasteiger partial charge >= 0.3 is 0 Å². The first-order valence-electron chi connectivity index (χ1n) is 6.02. The number of nitro benzene ring substituents is 1. The van der Waals surface area contributed by atoms with Crippen molar-refractivity contribution in [1.29, 1.82) is 5.26 Å². The fourth-order valence-corrected chi connectivity index (χ4v) is 1.95. The van der Waals surface area contributed by atoms with Crippen molar-refractivity contribution in [1.82, 2.24) is 0 Å². The lowest BCUT2D eigenvalue weighted by Crippen LogP contribution is -2.26. The van der Waals surface area contributed by atoms with Gasteiger partial charge in [-0.1, -0.05) is 5.92 Å². The molecule has 1 fully saturated rings. The van der Waals surface area contributed by atoms with Gasteiger partial charge < -0.3 is 4.90 Å². The number of benzene rings is 1. The minimum atomic E-state index is -0.534. The van der Waals surface area contributed by atoms with E-state index >= 15 is 0 Å². The molecule has 0 radical (unpaired) electrons. The molecule has 0 saturated heterocycles. The monoisotopic (exact) mass is 255 g/mol. The molecule has 0 bridgehead atoms. The maximum Gasteiger partial charge on any atom is 0.289 e. The Bertz CT molecular complexity index is 579. The Hall–Kier alpha value is -2.53. The van der Waals surface area contributed by atoms with E-state index in [1.807, 2.05) is 11.0 Å². The van der Waals surface area contributed by atoms with Crippen molar-refractivity contribution in [2.24, 2.45) is 5.92 Å². The summed E-state index contributed by atoms with van der Waals surface area (Å²) in [6, 6.07) is 6.45. The summed E-state index contributed by atoms with van der Waals surface area (Å²) in [7, 11) is 0. The van der Waals surface area contributed by atoms with E-state index in [9.17, 15) is 10.1 Å². The second-order valence-electron chi connectivity index (χ2n) is 4.60. The largest absolute Gasteiger partial charge is 0.360 e. The van der Waals surface area contributed by atoms with Gasteiger partial charge in [-0.15, -0.1) is 6.42 Å². The predicted molar refractivity (Wildman–Crippen MR) is 71.6 cm³/mol. The molecule has 0 spiro atoms. The number of nitrogens with zero attached hydrogens (tertiary/aromatic N) is 3. The summed E-state index contributed by atoms with van der Waals surface area (Å²) in [5.41, 5.74) is 0.606. The molecule has 2 rings (SSSR count). The standard InChI is InChI=1S/C14H13N3O2/c1-2-7-16(10-11-3-4-11)13-6-5-12(9-15)14(8-13)17(18)19/h1,5-6,8,11H,3-4,7,10H2. The minimum Gasteiger partial charge on any atom is -0.360 e. The first-order valence-corrected chi connectivity index (χ1v) is 6.02. The van der Waals surface area contributed by atoms with Crippen LogP contribution >= 0.6 is 0 Å². The topological polar surface area (TPSA) is 70.2 Å². The van der Waals surface area contributed by atoms with E-state index in [4.69, 9.17) is 11.7 Å². The normalized spacial score (nSPS) is 13.4. The van der Waals surface area contributed by atoms with Crippen LogP contribution in [0.2, 0.25) is 0 Å². The molecule has 0 aromatic heterocycles. The molecule has 1 saturated carbocycles. The summed E-state index contributed by atoms with van der Waals surface area (Å²) < 4.78 is 0. The van der Waals surface area contributed by atoms with Crippen LogP contribution < -0.4 is 4.90 Å². The van der Waals surface area contributed by atoms with Crippen molar-refractivity contribution < 1.29 is 4.92 Å². The predicted octanol–water partition coefficient (Wildman–Crippen LogP) is 2.32. The summed E-state index contributed by atoms with van der Waals surface area (Å²) in [6.45, 7) is 1.23. The summed E-state index contributed by atoms with van der Waals surface area (Å²) in [5.74, 6) is 3.20. The van der Waals surface area contributed by atoms with Crippen LogP contribution in [0.4, 0.5) is 11.4 Å². The van der Waals surface area contributed by atoms with Gasteiger partial charge in [-0.2, -0.15) is 5.26 Å². The first kappa shape index (κ1) is 12.9. The smallest absolute Gasteiger partial charge is 0.289 e. The molecule has 1 aliphatic rings. The molecule has 0 N–H and O–H groups in total. The Morgan fingerprint density at radius 1 is 1.53 bits per heavy atom. The fraction of sp³-hybridized carbons (Fsp3) is 0.357. The average molecular weight is 255 g/mol. The number of anilines is 1. The van der Waals surface area contributed by atoms with Crippen LogP contribution in [-0.4, -0.2) is 18.0 Å². The van der Waals surface area contributed by atoms with Gasteiger partial charge in [0.15, 0.2) is 0 Å². The van der Waals surface area contributed by atoms with E-state index in [-0.39, 0.29) is 11.3 Å². The molecule has 5 nitrogen and oxygen atoms in total. The average Bonchev–Trinajstić information content (AvgIpc) is 3.21.